The second-order valence-electron chi connectivity index (χ2n) is 6.08. The van der Waals surface area contributed by atoms with Crippen LogP contribution in [0, 0.1) is 10.1 Å². The van der Waals surface area contributed by atoms with Crippen molar-refractivity contribution < 1.29 is 4.92 Å². The zero-order valence-corrected chi connectivity index (χ0v) is 14.4. The monoisotopic (exact) mass is 356 g/mol. The molecule has 0 atom stereocenters. The van der Waals surface area contributed by atoms with Crippen LogP contribution in [0.25, 0.3) is 22.0 Å². The molecule has 2 aromatic carbocycles. The van der Waals surface area contributed by atoms with Crippen LogP contribution in [0.1, 0.15) is 5.56 Å². The van der Waals surface area contributed by atoms with Gasteiger partial charge in [0.1, 0.15) is 5.52 Å². The van der Waals surface area contributed by atoms with E-state index in [2.05, 4.69) is 39.6 Å². The van der Waals surface area contributed by atoms with Crippen LogP contribution in [0.2, 0.25) is 0 Å². The molecular formula is C21H16N4O2. The molecule has 0 amide bonds. The van der Waals surface area contributed by atoms with Crippen molar-refractivity contribution in [1.82, 2.24) is 9.97 Å². The van der Waals surface area contributed by atoms with Gasteiger partial charge in [-0.25, -0.2) is 0 Å². The Labute approximate surface area is 155 Å². The summed E-state index contributed by atoms with van der Waals surface area (Å²) >= 11 is 0. The lowest BCUT2D eigenvalue weighted by atomic mass is 10.1. The van der Waals surface area contributed by atoms with Crippen LogP contribution < -0.4 is 5.32 Å². The van der Waals surface area contributed by atoms with E-state index in [-0.39, 0.29) is 10.6 Å². The molecule has 0 saturated heterocycles. The summed E-state index contributed by atoms with van der Waals surface area (Å²) in [5.41, 5.74) is 4.71. The van der Waals surface area contributed by atoms with Crippen LogP contribution in [-0.2, 0) is 6.54 Å². The lowest BCUT2D eigenvalue weighted by Crippen LogP contribution is -2.01. The molecule has 0 aliphatic heterocycles. The number of rotatable bonds is 5. The van der Waals surface area contributed by atoms with E-state index in [9.17, 15) is 10.1 Å². The van der Waals surface area contributed by atoms with E-state index in [0.29, 0.717) is 17.4 Å². The number of nitro groups is 1. The number of nitrogens with one attached hydrogen (secondary N) is 1. The van der Waals surface area contributed by atoms with Crippen molar-refractivity contribution in [1.29, 1.82) is 0 Å². The molecule has 2 heterocycles. The van der Waals surface area contributed by atoms with Gasteiger partial charge < -0.3 is 5.32 Å². The molecule has 0 bridgehead atoms. The summed E-state index contributed by atoms with van der Waals surface area (Å²) < 4.78 is 0. The zero-order valence-electron chi connectivity index (χ0n) is 14.4. The number of fused-ring (bicyclic) bond motifs is 1. The van der Waals surface area contributed by atoms with Gasteiger partial charge in [0.05, 0.1) is 16.0 Å². The molecule has 6 nitrogen and oxygen atoms in total. The minimum Gasteiger partial charge on any atom is -0.379 e. The maximum absolute atomic E-state index is 11.2. The summed E-state index contributed by atoms with van der Waals surface area (Å²) in [5.74, 6) is 0. The zero-order chi connectivity index (χ0) is 18.6. The minimum atomic E-state index is -0.384. The van der Waals surface area contributed by atoms with E-state index < -0.39 is 0 Å². The number of aromatic nitrogens is 2. The normalized spacial score (nSPS) is 10.7. The highest BCUT2D eigenvalue weighted by molar-refractivity contribution is 5.96. The summed E-state index contributed by atoms with van der Waals surface area (Å²) in [7, 11) is 0. The molecule has 132 valence electrons. The van der Waals surface area contributed by atoms with E-state index >= 15 is 0 Å². The van der Waals surface area contributed by atoms with Crippen molar-refractivity contribution in [2.24, 2.45) is 0 Å². The average Bonchev–Trinajstić information content (AvgIpc) is 2.73. The standard InChI is InChI=1S/C21H16N4O2/c26-25(27)20-10-9-19(21-18(20)4-2-12-23-21)24-13-15-5-7-16(8-6-15)17-3-1-11-22-14-17/h1-12,14,24H,13H2. The first-order valence-electron chi connectivity index (χ1n) is 8.48. The molecule has 0 aliphatic rings. The van der Waals surface area contributed by atoms with Gasteiger partial charge in [-0.3, -0.25) is 20.1 Å². The molecule has 27 heavy (non-hydrogen) atoms. The second kappa shape index (κ2) is 7.21. The quantitative estimate of drug-likeness (QED) is 0.410. The van der Waals surface area contributed by atoms with Crippen LogP contribution in [0.5, 0.6) is 0 Å². The smallest absolute Gasteiger partial charge is 0.278 e. The lowest BCUT2D eigenvalue weighted by molar-refractivity contribution is -0.383. The van der Waals surface area contributed by atoms with Crippen LogP contribution in [0.15, 0.2) is 79.3 Å². The molecule has 0 saturated carbocycles. The van der Waals surface area contributed by atoms with Gasteiger partial charge in [0.25, 0.3) is 5.69 Å². The molecular weight excluding hydrogens is 340 g/mol. The average molecular weight is 356 g/mol. The summed E-state index contributed by atoms with van der Waals surface area (Å²) in [4.78, 5) is 19.3. The molecule has 0 spiro atoms. The molecule has 4 aromatic rings. The number of nitrogens with zero attached hydrogens (tertiary/aromatic N) is 3. The summed E-state index contributed by atoms with van der Waals surface area (Å²) in [6.45, 7) is 0.594. The van der Waals surface area contributed by atoms with Crippen molar-refractivity contribution in [3.05, 3.63) is 94.9 Å². The van der Waals surface area contributed by atoms with Crippen LogP contribution in [0.3, 0.4) is 0 Å². The number of non-ortho nitro benzene ring substituents is 1. The van der Waals surface area contributed by atoms with Gasteiger partial charge in [-0.1, -0.05) is 30.3 Å². The van der Waals surface area contributed by atoms with E-state index in [1.807, 2.05) is 18.3 Å². The minimum absolute atomic E-state index is 0.0597. The largest absolute Gasteiger partial charge is 0.379 e. The van der Waals surface area contributed by atoms with Crippen molar-refractivity contribution in [2.45, 2.75) is 6.54 Å². The maximum Gasteiger partial charge on any atom is 0.278 e. The molecule has 4 rings (SSSR count). The summed E-state index contributed by atoms with van der Waals surface area (Å²) in [5, 5.41) is 15.1. The van der Waals surface area contributed by atoms with Crippen LogP contribution in [0.4, 0.5) is 11.4 Å². The Morgan fingerprint density at radius 3 is 2.48 bits per heavy atom. The predicted octanol–water partition coefficient (Wildman–Crippen LogP) is 4.82. The number of pyridine rings is 2. The van der Waals surface area contributed by atoms with Gasteiger partial charge in [-0.15, -0.1) is 0 Å². The topological polar surface area (TPSA) is 81.0 Å². The Kier molecular flexibility index (Phi) is 4.45. The Bertz CT molecular complexity index is 1100. The fourth-order valence-electron chi connectivity index (χ4n) is 3.01. The first kappa shape index (κ1) is 16.7. The third-order valence-corrected chi connectivity index (χ3v) is 4.38. The molecule has 6 heteroatoms. The first-order valence-corrected chi connectivity index (χ1v) is 8.48. The molecule has 0 aliphatic carbocycles. The number of benzene rings is 2. The number of anilines is 1. The van der Waals surface area contributed by atoms with E-state index in [4.69, 9.17) is 0 Å². The van der Waals surface area contributed by atoms with Gasteiger partial charge in [-0.2, -0.15) is 0 Å². The van der Waals surface area contributed by atoms with Gasteiger partial charge in [-0.05, 0) is 41.0 Å². The summed E-state index contributed by atoms with van der Waals surface area (Å²) in [6.07, 6.45) is 5.23. The summed E-state index contributed by atoms with van der Waals surface area (Å²) in [6, 6.07) is 18.8. The van der Waals surface area contributed by atoms with Gasteiger partial charge in [0.2, 0.25) is 0 Å². The highest BCUT2D eigenvalue weighted by atomic mass is 16.6. The van der Waals surface area contributed by atoms with Gasteiger partial charge in [0, 0.05) is 31.2 Å². The third kappa shape index (κ3) is 3.46. The van der Waals surface area contributed by atoms with Crippen molar-refractivity contribution in [3.8, 4) is 11.1 Å². The Hall–Kier alpha value is -3.80. The van der Waals surface area contributed by atoms with Crippen molar-refractivity contribution in [2.75, 3.05) is 5.32 Å². The van der Waals surface area contributed by atoms with Crippen molar-refractivity contribution >= 4 is 22.3 Å². The van der Waals surface area contributed by atoms with E-state index in [0.717, 1.165) is 22.4 Å². The third-order valence-electron chi connectivity index (χ3n) is 4.38. The van der Waals surface area contributed by atoms with E-state index in [1.54, 1.807) is 30.6 Å². The van der Waals surface area contributed by atoms with Crippen molar-refractivity contribution in [3.63, 3.8) is 0 Å². The Balaban J connectivity index is 1.56. The lowest BCUT2D eigenvalue weighted by Gasteiger charge is -2.10. The van der Waals surface area contributed by atoms with Gasteiger partial charge in [0.15, 0.2) is 0 Å². The fourth-order valence-corrected chi connectivity index (χ4v) is 3.01. The van der Waals surface area contributed by atoms with Crippen LogP contribution in [-0.4, -0.2) is 14.9 Å². The number of nitro benzene ring substituents is 1. The van der Waals surface area contributed by atoms with Crippen LogP contribution >= 0.6 is 0 Å². The molecule has 2 aromatic heterocycles. The Morgan fingerprint density at radius 2 is 1.74 bits per heavy atom. The molecule has 0 unspecified atom stereocenters. The van der Waals surface area contributed by atoms with Gasteiger partial charge >= 0.3 is 0 Å². The molecule has 0 radical (unpaired) electrons. The molecule has 0 fully saturated rings. The first-order chi connectivity index (χ1) is 13.2. The fraction of sp³-hybridized carbons (Fsp3) is 0.0476. The molecule has 1 N–H and O–H groups in total. The Morgan fingerprint density at radius 1 is 0.926 bits per heavy atom. The number of hydrogen-bond donors (Lipinski definition) is 1. The van der Waals surface area contributed by atoms with E-state index in [1.165, 1.54) is 6.07 Å². The number of hydrogen-bond acceptors (Lipinski definition) is 5. The predicted molar refractivity (Wildman–Crippen MR) is 105 cm³/mol. The SMILES string of the molecule is O=[N+]([O-])c1ccc(NCc2ccc(-c3cccnc3)cc2)c2ncccc12. The maximum atomic E-state index is 11.2. The highest BCUT2D eigenvalue weighted by Gasteiger charge is 2.14. The highest BCUT2D eigenvalue weighted by Crippen LogP contribution is 2.30. The second-order valence-corrected chi connectivity index (χ2v) is 6.08.